The van der Waals surface area contributed by atoms with Crippen LogP contribution < -0.4 is 5.32 Å². The number of hydrogen-bond donors (Lipinski definition) is 2. The number of nitro groups is 1. The SMILES string of the molecule is CC1=C(C(=O)O)[C@@H](c2ccc(F)cc2F)C([N+](=O)[O-])=C(C)N1. The van der Waals surface area contributed by atoms with E-state index in [-0.39, 0.29) is 22.5 Å². The highest BCUT2D eigenvalue weighted by atomic mass is 19.1. The van der Waals surface area contributed by atoms with Crippen molar-refractivity contribution in [2.75, 3.05) is 0 Å². The molecular weight excluding hydrogens is 298 g/mol. The van der Waals surface area contributed by atoms with Gasteiger partial charge in [0.05, 0.1) is 16.2 Å². The van der Waals surface area contributed by atoms with Crippen LogP contribution in [0, 0.1) is 21.7 Å². The van der Waals surface area contributed by atoms with E-state index in [4.69, 9.17) is 0 Å². The fourth-order valence-electron chi connectivity index (χ4n) is 2.55. The summed E-state index contributed by atoms with van der Waals surface area (Å²) < 4.78 is 27.1. The van der Waals surface area contributed by atoms with Crippen molar-refractivity contribution < 1.29 is 23.6 Å². The van der Waals surface area contributed by atoms with Gasteiger partial charge in [0, 0.05) is 17.3 Å². The van der Waals surface area contributed by atoms with Gasteiger partial charge in [-0.2, -0.15) is 0 Å². The van der Waals surface area contributed by atoms with E-state index in [0.29, 0.717) is 6.07 Å². The van der Waals surface area contributed by atoms with Crippen molar-refractivity contribution in [3.05, 3.63) is 68.2 Å². The van der Waals surface area contributed by atoms with Crippen LogP contribution in [-0.2, 0) is 4.79 Å². The molecular formula is C14H12F2N2O4. The van der Waals surface area contributed by atoms with Gasteiger partial charge in [-0.25, -0.2) is 13.6 Å². The molecule has 1 aliphatic heterocycles. The standard InChI is InChI=1S/C14H12F2N2O4/c1-6-11(14(19)20)12(13(18(21)22)7(2)17-6)9-4-3-8(15)5-10(9)16/h3-5,12,17H,1-2H3,(H,19,20)/t12-/m1/s1. The number of carboxylic acid groups (broad SMARTS) is 1. The zero-order valence-electron chi connectivity index (χ0n) is 11.7. The molecule has 0 unspecified atom stereocenters. The van der Waals surface area contributed by atoms with Gasteiger partial charge in [0.1, 0.15) is 17.6 Å². The molecule has 2 rings (SSSR count). The van der Waals surface area contributed by atoms with Gasteiger partial charge in [-0.05, 0) is 19.9 Å². The molecule has 0 bridgehead atoms. The van der Waals surface area contributed by atoms with Crippen LogP contribution in [0.15, 0.2) is 40.9 Å². The number of aliphatic carboxylic acids is 1. The largest absolute Gasteiger partial charge is 0.478 e. The predicted molar refractivity (Wildman–Crippen MR) is 72.3 cm³/mol. The molecule has 1 atom stereocenters. The minimum absolute atomic E-state index is 0.112. The van der Waals surface area contributed by atoms with Crippen LogP contribution in [-0.4, -0.2) is 16.0 Å². The molecule has 116 valence electrons. The number of halogens is 2. The second kappa shape index (κ2) is 5.55. The number of allylic oxidation sites excluding steroid dienone is 3. The first-order valence-corrected chi connectivity index (χ1v) is 6.25. The molecule has 0 saturated heterocycles. The second-order valence-electron chi connectivity index (χ2n) is 4.84. The quantitative estimate of drug-likeness (QED) is 0.661. The lowest BCUT2D eigenvalue weighted by Crippen LogP contribution is -2.31. The Morgan fingerprint density at radius 3 is 2.45 bits per heavy atom. The fourth-order valence-corrected chi connectivity index (χ4v) is 2.55. The van der Waals surface area contributed by atoms with E-state index in [9.17, 15) is 28.8 Å². The van der Waals surface area contributed by atoms with E-state index in [1.807, 2.05) is 0 Å². The van der Waals surface area contributed by atoms with E-state index in [1.54, 1.807) is 0 Å². The number of nitrogens with zero attached hydrogens (tertiary/aromatic N) is 1. The molecule has 2 N–H and O–H groups in total. The van der Waals surface area contributed by atoms with Crippen LogP contribution in [0.25, 0.3) is 0 Å². The van der Waals surface area contributed by atoms with Crippen LogP contribution in [0.4, 0.5) is 8.78 Å². The highest BCUT2D eigenvalue weighted by Gasteiger charge is 2.41. The number of nitrogens with one attached hydrogen (secondary N) is 1. The Balaban J connectivity index is 2.75. The van der Waals surface area contributed by atoms with E-state index >= 15 is 0 Å². The lowest BCUT2D eigenvalue weighted by molar-refractivity contribution is -0.431. The lowest BCUT2D eigenvalue weighted by Gasteiger charge is -2.25. The average molecular weight is 310 g/mol. The summed E-state index contributed by atoms with van der Waals surface area (Å²) in [6.07, 6.45) is 0. The summed E-state index contributed by atoms with van der Waals surface area (Å²) in [6.45, 7) is 2.83. The number of dihydropyridines is 1. The van der Waals surface area contributed by atoms with E-state index in [2.05, 4.69) is 5.32 Å². The van der Waals surface area contributed by atoms with Crippen molar-refractivity contribution >= 4 is 5.97 Å². The summed E-state index contributed by atoms with van der Waals surface area (Å²) in [7, 11) is 0. The topological polar surface area (TPSA) is 92.5 Å². The highest BCUT2D eigenvalue weighted by molar-refractivity contribution is 5.90. The van der Waals surface area contributed by atoms with Gasteiger partial charge in [-0.15, -0.1) is 0 Å². The monoisotopic (exact) mass is 310 g/mol. The van der Waals surface area contributed by atoms with Crippen molar-refractivity contribution in [3.8, 4) is 0 Å². The molecule has 0 amide bonds. The molecule has 1 aromatic carbocycles. The van der Waals surface area contributed by atoms with Crippen LogP contribution in [0.1, 0.15) is 25.3 Å². The molecule has 0 aliphatic carbocycles. The number of rotatable bonds is 3. The summed E-state index contributed by atoms with van der Waals surface area (Å²) >= 11 is 0. The van der Waals surface area contributed by atoms with E-state index < -0.39 is 34.1 Å². The van der Waals surface area contributed by atoms with Crippen molar-refractivity contribution in [1.29, 1.82) is 0 Å². The molecule has 22 heavy (non-hydrogen) atoms. The van der Waals surface area contributed by atoms with Crippen molar-refractivity contribution in [3.63, 3.8) is 0 Å². The molecule has 0 spiro atoms. The predicted octanol–water partition coefficient (Wildman–Crippen LogP) is 2.52. The average Bonchev–Trinajstić information content (AvgIpc) is 2.36. The molecule has 0 aromatic heterocycles. The molecule has 1 aliphatic rings. The van der Waals surface area contributed by atoms with Crippen molar-refractivity contribution in [2.45, 2.75) is 19.8 Å². The van der Waals surface area contributed by atoms with E-state index in [0.717, 1.165) is 12.1 Å². The maximum atomic E-state index is 14.0. The third kappa shape index (κ3) is 2.54. The Kier molecular flexibility index (Phi) is 3.94. The van der Waals surface area contributed by atoms with Gasteiger partial charge in [0.2, 0.25) is 0 Å². The van der Waals surface area contributed by atoms with Crippen LogP contribution in [0.5, 0.6) is 0 Å². The maximum absolute atomic E-state index is 14.0. The minimum Gasteiger partial charge on any atom is -0.478 e. The molecule has 8 heteroatoms. The van der Waals surface area contributed by atoms with Crippen molar-refractivity contribution in [2.24, 2.45) is 0 Å². The maximum Gasteiger partial charge on any atom is 0.334 e. The second-order valence-corrected chi connectivity index (χ2v) is 4.84. The normalized spacial score (nSPS) is 18.3. The first-order valence-electron chi connectivity index (χ1n) is 6.25. The zero-order valence-corrected chi connectivity index (χ0v) is 11.7. The van der Waals surface area contributed by atoms with Gasteiger partial charge >= 0.3 is 5.97 Å². The molecule has 1 heterocycles. The molecule has 0 fully saturated rings. The Morgan fingerprint density at radius 2 is 1.95 bits per heavy atom. The first kappa shape index (κ1) is 15.6. The number of hydrogen-bond acceptors (Lipinski definition) is 4. The molecule has 0 saturated carbocycles. The van der Waals surface area contributed by atoms with E-state index in [1.165, 1.54) is 13.8 Å². The number of carbonyl (C=O) groups is 1. The van der Waals surface area contributed by atoms with Gasteiger partial charge in [-0.1, -0.05) is 6.07 Å². The van der Waals surface area contributed by atoms with Gasteiger partial charge in [0.25, 0.3) is 5.70 Å². The molecule has 1 aromatic rings. The van der Waals surface area contributed by atoms with Crippen molar-refractivity contribution in [1.82, 2.24) is 5.32 Å². The third-order valence-corrected chi connectivity index (χ3v) is 3.43. The lowest BCUT2D eigenvalue weighted by atomic mass is 9.84. The van der Waals surface area contributed by atoms with Gasteiger partial charge in [0.15, 0.2) is 0 Å². The number of benzene rings is 1. The minimum atomic E-state index is -1.42. The highest BCUT2D eigenvalue weighted by Crippen LogP contribution is 2.39. The summed E-state index contributed by atoms with van der Waals surface area (Å²) in [5, 5.41) is 23.2. The Morgan fingerprint density at radius 1 is 1.32 bits per heavy atom. The molecule has 0 radical (unpaired) electrons. The summed E-state index contributed by atoms with van der Waals surface area (Å²) in [4.78, 5) is 22.0. The summed E-state index contributed by atoms with van der Waals surface area (Å²) in [5.74, 6) is -4.72. The fraction of sp³-hybridized carbons (Fsp3) is 0.214. The van der Waals surface area contributed by atoms with Gasteiger partial charge < -0.3 is 10.4 Å². The first-order chi connectivity index (χ1) is 10.2. The third-order valence-electron chi connectivity index (χ3n) is 3.43. The summed E-state index contributed by atoms with van der Waals surface area (Å²) in [5.41, 5.74) is -0.799. The smallest absolute Gasteiger partial charge is 0.334 e. The van der Waals surface area contributed by atoms with Crippen LogP contribution >= 0.6 is 0 Å². The molecule has 6 nitrogen and oxygen atoms in total. The summed E-state index contributed by atoms with van der Waals surface area (Å²) in [6, 6.07) is 2.52. The Bertz CT molecular complexity index is 704. The van der Waals surface area contributed by atoms with Crippen LogP contribution in [0.3, 0.4) is 0 Å². The van der Waals surface area contributed by atoms with Gasteiger partial charge in [-0.3, -0.25) is 10.1 Å². The zero-order chi connectivity index (χ0) is 16.6. The van der Waals surface area contributed by atoms with Crippen LogP contribution in [0.2, 0.25) is 0 Å². The Hall–Kier alpha value is -2.77. The number of carboxylic acids is 1. The Labute approximate surface area is 123 Å².